The van der Waals surface area contributed by atoms with Crippen molar-refractivity contribution in [1.82, 2.24) is 9.80 Å². The zero-order valence-electron chi connectivity index (χ0n) is 12.7. The summed E-state index contributed by atoms with van der Waals surface area (Å²) in [6, 6.07) is 5.70. The van der Waals surface area contributed by atoms with Crippen molar-refractivity contribution in [2.75, 3.05) is 40.3 Å². The van der Waals surface area contributed by atoms with E-state index >= 15 is 0 Å². The Kier molecular flexibility index (Phi) is 5.15. The molecule has 0 atom stereocenters. The number of ether oxygens (including phenoxy) is 1. The number of likely N-dealkylation sites (N-methyl/N-ethyl adjacent to an activating group) is 1. The van der Waals surface area contributed by atoms with Crippen molar-refractivity contribution >= 4 is 5.78 Å². The Morgan fingerprint density at radius 1 is 1.25 bits per heavy atom. The van der Waals surface area contributed by atoms with Crippen LogP contribution in [0.25, 0.3) is 0 Å². The standard InChI is InChI=1S/C16H24N2O2/c1-13(19)14-5-6-16(20-3)15(11-14)12-18-8-4-7-17(2)9-10-18/h5-6,11H,4,7-10,12H2,1-3H3. The molecule has 0 unspecified atom stereocenters. The first-order valence-electron chi connectivity index (χ1n) is 7.19. The molecule has 0 saturated carbocycles. The van der Waals surface area contributed by atoms with Crippen LogP contribution in [0.3, 0.4) is 0 Å². The number of hydrogen-bond acceptors (Lipinski definition) is 4. The third-order valence-corrected chi connectivity index (χ3v) is 3.89. The molecular weight excluding hydrogens is 252 g/mol. The third-order valence-electron chi connectivity index (χ3n) is 3.89. The van der Waals surface area contributed by atoms with E-state index in [1.54, 1.807) is 14.0 Å². The van der Waals surface area contributed by atoms with Crippen LogP contribution in [0, 0.1) is 0 Å². The smallest absolute Gasteiger partial charge is 0.159 e. The molecule has 1 heterocycles. The first-order valence-corrected chi connectivity index (χ1v) is 7.19. The Bertz CT molecular complexity index is 474. The fourth-order valence-electron chi connectivity index (χ4n) is 2.62. The maximum Gasteiger partial charge on any atom is 0.159 e. The van der Waals surface area contributed by atoms with Crippen LogP contribution in [-0.4, -0.2) is 55.9 Å². The number of benzene rings is 1. The van der Waals surface area contributed by atoms with E-state index in [9.17, 15) is 4.79 Å². The van der Waals surface area contributed by atoms with Gasteiger partial charge in [-0.2, -0.15) is 0 Å². The van der Waals surface area contributed by atoms with Crippen molar-refractivity contribution in [1.29, 1.82) is 0 Å². The molecule has 0 N–H and O–H groups in total. The van der Waals surface area contributed by atoms with Crippen molar-refractivity contribution in [2.24, 2.45) is 0 Å². The number of hydrogen-bond donors (Lipinski definition) is 0. The highest BCUT2D eigenvalue weighted by molar-refractivity contribution is 5.94. The highest BCUT2D eigenvalue weighted by Crippen LogP contribution is 2.22. The lowest BCUT2D eigenvalue weighted by Gasteiger charge is -2.21. The van der Waals surface area contributed by atoms with Crippen molar-refractivity contribution in [3.05, 3.63) is 29.3 Å². The lowest BCUT2D eigenvalue weighted by molar-refractivity contribution is 0.101. The van der Waals surface area contributed by atoms with Crippen molar-refractivity contribution in [3.63, 3.8) is 0 Å². The van der Waals surface area contributed by atoms with Crippen molar-refractivity contribution < 1.29 is 9.53 Å². The minimum absolute atomic E-state index is 0.101. The average Bonchev–Trinajstić information content (AvgIpc) is 2.63. The van der Waals surface area contributed by atoms with E-state index in [-0.39, 0.29) is 5.78 Å². The molecule has 0 bridgehead atoms. The van der Waals surface area contributed by atoms with Crippen LogP contribution in [-0.2, 0) is 6.54 Å². The summed E-state index contributed by atoms with van der Waals surface area (Å²) in [4.78, 5) is 16.3. The Labute approximate surface area is 121 Å². The molecule has 1 saturated heterocycles. The van der Waals surface area contributed by atoms with Gasteiger partial charge < -0.3 is 9.64 Å². The quantitative estimate of drug-likeness (QED) is 0.788. The van der Waals surface area contributed by atoms with E-state index in [1.807, 2.05) is 18.2 Å². The summed E-state index contributed by atoms with van der Waals surface area (Å²) < 4.78 is 5.43. The summed E-state index contributed by atoms with van der Waals surface area (Å²) in [6.45, 7) is 6.85. The van der Waals surface area contributed by atoms with E-state index in [2.05, 4.69) is 16.8 Å². The predicted octanol–water partition coefficient (Wildman–Crippen LogP) is 2.04. The average molecular weight is 276 g/mol. The summed E-state index contributed by atoms with van der Waals surface area (Å²) >= 11 is 0. The number of carbonyl (C=O) groups excluding carboxylic acids is 1. The van der Waals surface area contributed by atoms with Crippen LogP contribution in [0.1, 0.15) is 29.3 Å². The second kappa shape index (κ2) is 6.86. The molecule has 1 aromatic rings. The van der Waals surface area contributed by atoms with Crippen LogP contribution in [0.4, 0.5) is 0 Å². The van der Waals surface area contributed by atoms with Gasteiger partial charge in [-0.05, 0) is 51.7 Å². The Morgan fingerprint density at radius 2 is 2.05 bits per heavy atom. The zero-order valence-corrected chi connectivity index (χ0v) is 12.7. The fraction of sp³-hybridized carbons (Fsp3) is 0.562. The minimum atomic E-state index is 0.101. The number of carbonyl (C=O) groups is 1. The second-order valence-electron chi connectivity index (χ2n) is 5.52. The number of rotatable bonds is 4. The SMILES string of the molecule is COc1ccc(C(C)=O)cc1CN1CCCN(C)CC1. The predicted molar refractivity (Wildman–Crippen MR) is 80.4 cm³/mol. The number of Topliss-reactive ketones (excluding diaryl/α,β-unsaturated/α-hetero) is 1. The van der Waals surface area contributed by atoms with E-state index < -0.39 is 0 Å². The van der Waals surface area contributed by atoms with Gasteiger partial charge in [-0.25, -0.2) is 0 Å². The number of ketones is 1. The molecule has 0 spiro atoms. The molecule has 4 nitrogen and oxygen atoms in total. The van der Waals surface area contributed by atoms with Crippen molar-refractivity contribution in [3.8, 4) is 5.75 Å². The van der Waals surface area contributed by atoms with Gasteiger partial charge >= 0.3 is 0 Å². The molecule has 0 radical (unpaired) electrons. The van der Waals surface area contributed by atoms with Gasteiger partial charge in [0.15, 0.2) is 5.78 Å². The molecular formula is C16H24N2O2. The van der Waals surface area contributed by atoms with E-state index in [1.165, 1.54) is 6.42 Å². The van der Waals surface area contributed by atoms with Gasteiger partial charge in [0.05, 0.1) is 7.11 Å². The van der Waals surface area contributed by atoms with Crippen molar-refractivity contribution in [2.45, 2.75) is 19.9 Å². The summed E-state index contributed by atoms with van der Waals surface area (Å²) in [5.41, 5.74) is 1.86. The van der Waals surface area contributed by atoms with Crippen LogP contribution >= 0.6 is 0 Å². The number of methoxy groups -OCH3 is 1. The summed E-state index contributed by atoms with van der Waals surface area (Å²) in [5, 5.41) is 0. The molecule has 110 valence electrons. The normalized spacial score (nSPS) is 17.8. The molecule has 1 aliphatic heterocycles. The van der Waals surface area contributed by atoms with E-state index in [4.69, 9.17) is 4.74 Å². The van der Waals surface area contributed by atoms with Gasteiger partial charge in [-0.1, -0.05) is 0 Å². The minimum Gasteiger partial charge on any atom is -0.496 e. The van der Waals surface area contributed by atoms with Gasteiger partial charge in [-0.15, -0.1) is 0 Å². The van der Waals surface area contributed by atoms with Crippen LogP contribution in [0.15, 0.2) is 18.2 Å². The Hall–Kier alpha value is -1.39. The lowest BCUT2D eigenvalue weighted by Crippen LogP contribution is -2.28. The number of nitrogens with zero attached hydrogens (tertiary/aromatic N) is 2. The van der Waals surface area contributed by atoms with E-state index in [0.717, 1.165) is 49.6 Å². The van der Waals surface area contributed by atoms with Crippen LogP contribution < -0.4 is 4.74 Å². The van der Waals surface area contributed by atoms with Gasteiger partial charge in [0.25, 0.3) is 0 Å². The molecule has 0 aromatic heterocycles. The van der Waals surface area contributed by atoms with Gasteiger partial charge in [0, 0.05) is 30.8 Å². The summed E-state index contributed by atoms with van der Waals surface area (Å²) in [5.74, 6) is 0.970. The molecule has 0 amide bonds. The summed E-state index contributed by atoms with van der Waals surface area (Å²) in [6.07, 6.45) is 1.19. The molecule has 1 aliphatic rings. The maximum atomic E-state index is 11.5. The molecule has 1 aromatic carbocycles. The largest absolute Gasteiger partial charge is 0.496 e. The van der Waals surface area contributed by atoms with Crippen LogP contribution in [0.5, 0.6) is 5.75 Å². The Morgan fingerprint density at radius 3 is 2.75 bits per heavy atom. The lowest BCUT2D eigenvalue weighted by atomic mass is 10.1. The topological polar surface area (TPSA) is 32.8 Å². The first kappa shape index (κ1) is 15.0. The molecule has 0 aliphatic carbocycles. The highest BCUT2D eigenvalue weighted by atomic mass is 16.5. The van der Waals surface area contributed by atoms with Crippen LogP contribution in [0.2, 0.25) is 0 Å². The third kappa shape index (κ3) is 3.81. The van der Waals surface area contributed by atoms with Gasteiger partial charge in [0.2, 0.25) is 0 Å². The maximum absolute atomic E-state index is 11.5. The van der Waals surface area contributed by atoms with Gasteiger partial charge in [-0.3, -0.25) is 9.69 Å². The second-order valence-corrected chi connectivity index (χ2v) is 5.52. The van der Waals surface area contributed by atoms with Gasteiger partial charge in [0.1, 0.15) is 5.75 Å². The zero-order chi connectivity index (χ0) is 14.5. The highest BCUT2D eigenvalue weighted by Gasteiger charge is 2.15. The molecule has 20 heavy (non-hydrogen) atoms. The monoisotopic (exact) mass is 276 g/mol. The van der Waals surface area contributed by atoms with E-state index in [0.29, 0.717) is 0 Å². The molecule has 4 heteroatoms. The first-order chi connectivity index (χ1) is 9.60. The Balaban J connectivity index is 2.14. The fourth-order valence-corrected chi connectivity index (χ4v) is 2.62. The summed E-state index contributed by atoms with van der Waals surface area (Å²) in [7, 11) is 3.85. The molecule has 1 fully saturated rings. The molecule has 2 rings (SSSR count).